The molecule has 62 valence electrons. The van der Waals surface area contributed by atoms with Crippen molar-refractivity contribution >= 4 is 27.3 Å². The zero-order valence-corrected chi connectivity index (χ0v) is 9.17. The average molecular weight is 233 g/mol. The Morgan fingerprint density at radius 3 is 2.73 bits per heavy atom. The number of halogens is 1. The van der Waals surface area contributed by atoms with E-state index >= 15 is 0 Å². The molecule has 2 heteroatoms. The molecule has 0 nitrogen and oxygen atoms in total. The number of hydrogen-bond donors (Lipinski definition) is 0. The van der Waals surface area contributed by atoms with Crippen LogP contribution in [0.4, 0.5) is 0 Å². The van der Waals surface area contributed by atoms with Crippen molar-refractivity contribution in [2.75, 3.05) is 0 Å². The second-order valence-corrected chi connectivity index (χ2v) is 5.21. The largest absolute Gasteiger partial charge is 0.133 e. The van der Waals surface area contributed by atoms with Gasteiger partial charge in [0.05, 0.1) is 3.79 Å². The minimum atomic E-state index is 1.25. The molecule has 0 aliphatic carbocycles. The molecule has 0 atom stereocenters. The number of hydrogen-bond acceptors (Lipinski definition) is 1. The summed E-state index contributed by atoms with van der Waals surface area (Å²) >= 11 is 5.31. The molecule has 1 rings (SSSR count). The third kappa shape index (κ3) is 3.39. The van der Waals surface area contributed by atoms with Crippen LogP contribution in [0.15, 0.2) is 15.9 Å². The van der Waals surface area contributed by atoms with E-state index in [-0.39, 0.29) is 0 Å². The second kappa shape index (κ2) is 4.94. The van der Waals surface area contributed by atoms with Gasteiger partial charge in [-0.05, 0) is 40.9 Å². The molecule has 0 saturated carbocycles. The average Bonchev–Trinajstić information content (AvgIpc) is 2.37. The van der Waals surface area contributed by atoms with Gasteiger partial charge in [-0.15, -0.1) is 11.3 Å². The molecule has 0 saturated heterocycles. The summed E-state index contributed by atoms with van der Waals surface area (Å²) in [5, 5.41) is 0. The van der Waals surface area contributed by atoms with Crippen LogP contribution in [0.2, 0.25) is 0 Å². The van der Waals surface area contributed by atoms with E-state index in [0.29, 0.717) is 0 Å². The Hall–Kier alpha value is 0.180. The Bertz CT molecular complexity index is 205. The van der Waals surface area contributed by atoms with Crippen molar-refractivity contribution in [3.05, 3.63) is 20.8 Å². The minimum absolute atomic E-state index is 1.25. The van der Waals surface area contributed by atoms with Gasteiger partial charge in [0, 0.05) is 4.88 Å². The van der Waals surface area contributed by atoms with Gasteiger partial charge in [0.1, 0.15) is 0 Å². The first kappa shape index (κ1) is 9.27. The van der Waals surface area contributed by atoms with Gasteiger partial charge in [0.2, 0.25) is 0 Å². The Kier molecular flexibility index (Phi) is 4.16. The minimum Gasteiger partial charge on any atom is -0.133 e. The monoisotopic (exact) mass is 232 g/mol. The van der Waals surface area contributed by atoms with E-state index in [4.69, 9.17) is 0 Å². The van der Waals surface area contributed by atoms with Crippen LogP contribution < -0.4 is 0 Å². The highest BCUT2D eigenvalue weighted by atomic mass is 79.9. The maximum Gasteiger partial charge on any atom is 0.0701 e. The fraction of sp³-hybridized carbons (Fsp3) is 0.556. The van der Waals surface area contributed by atoms with Gasteiger partial charge in [-0.1, -0.05) is 19.8 Å². The lowest BCUT2D eigenvalue weighted by molar-refractivity contribution is 0.722. The summed E-state index contributed by atoms with van der Waals surface area (Å²) < 4.78 is 1.25. The molecule has 0 spiro atoms. The molecular formula is C9H13BrS. The van der Waals surface area contributed by atoms with E-state index in [1.54, 1.807) is 0 Å². The highest BCUT2D eigenvalue weighted by Crippen LogP contribution is 2.23. The van der Waals surface area contributed by atoms with Crippen LogP contribution in [-0.2, 0) is 6.42 Å². The lowest BCUT2D eigenvalue weighted by Crippen LogP contribution is -1.78. The fourth-order valence-electron chi connectivity index (χ4n) is 1.04. The Morgan fingerprint density at radius 2 is 2.18 bits per heavy atom. The lowest BCUT2D eigenvalue weighted by Gasteiger charge is -1.93. The number of rotatable bonds is 4. The van der Waals surface area contributed by atoms with Gasteiger partial charge in [-0.25, -0.2) is 0 Å². The van der Waals surface area contributed by atoms with Gasteiger partial charge in [0.25, 0.3) is 0 Å². The first-order chi connectivity index (χ1) is 5.33. The zero-order chi connectivity index (χ0) is 8.10. The lowest BCUT2D eigenvalue weighted by atomic mass is 10.2. The molecule has 0 unspecified atom stereocenters. The summed E-state index contributed by atoms with van der Waals surface area (Å²) in [4.78, 5) is 1.50. The summed E-state index contributed by atoms with van der Waals surface area (Å²) in [6.45, 7) is 2.24. The van der Waals surface area contributed by atoms with Gasteiger partial charge >= 0.3 is 0 Å². The number of unbranched alkanes of at least 4 members (excludes halogenated alkanes) is 2. The van der Waals surface area contributed by atoms with E-state index in [1.165, 1.54) is 34.3 Å². The number of thiophene rings is 1. The first-order valence-electron chi connectivity index (χ1n) is 4.07. The van der Waals surface area contributed by atoms with Crippen molar-refractivity contribution < 1.29 is 0 Å². The normalized spacial score (nSPS) is 10.4. The molecule has 11 heavy (non-hydrogen) atoms. The van der Waals surface area contributed by atoms with Crippen LogP contribution >= 0.6 is 27.3 Å². The Morgan fingerprint density at radius 1 is 1.36 bits per heavy atom. The van der Waals surface area contributed by atoms with Gasteiger partial charge < -0.3 is 0 Å². The van der Waals surface area contributed by atoms with Crippen LogP contribution in [0.5, 0.6) is 0 Å². The van der Waals surface area contributed by atoms with Crippen LogP contribution in [-0.4, -0.2) is 0 Å². The number of aryl methyl sites for hydroxylation is 1. The summed E-state index contributed by atoms with van der Waals surface area (Å²) in [6.07, 6.45) is 5.26. The molecule has 0 radical (unpaired) electrons. The molecule has 0 aliphatic rings. The highest BCUT2D eigenvalue weighted by molar-refractivity contribution is 9.11. The van der Waals surface area contributed by atoms with Crippen molar-refractivity contribution in [1.29, 1.82) is 0 Å². The van der Waals surface area contributed by atoms with E-state index in [9.17, 15) is 0 Å². The van der Waals surface area contributed by atoms with Crippen molar-refractivity contribution in [2.24, 2.45) is 0 Å². The molecule has 0 fully saturated rings. The van der Waals surface area contributed by atoms with Crippen LogP contribution in [0.25, 0.3) is 0 Å². The first-order valence-corrected chi connectivity index (χ1v) is 5.68. The molecule has 0 amide bonds. The topological polar surface area (TPSA) is 0 Å². The predicted octanol–water partition coefficient (Wildman–Crippen LogP) is 4.24. The van der Waals surface area contributed by atoms with E-state index in [2.05, 4.69) is 35.0 Å². The molecular weight excluding hydrogens is 220 g/mol. The highest BCUT2D eigenvalue weighted by Gasteiger charge is 1.95. The fourth-order valence-corrected chi connectivity index (χ4v) is 2.56. The smallest absolute Gasteiger partial charge is 0.0701 e. The maximum absolute atomic E-state index is 3.46. The molecule has 0 bridgehead atoms. The summed E-state index contributed by atoms with van der Waals surface area (Å²) in [6, 6.07) is 4.34. The Labute approximate surface area is 80.8 Å². The van der Waals surface area contributed by atoms with Crippen molar-refractivity contribution in [3.63, 3.8) is 0 Å². The third-order valence-electron chi connectivity index (χ3n) is 1.66. The van der Waals surface area contributed by atoms with Gasteiger partial charge in [-0.3, -0.25) is 0 Å². The zero-order valence-electron chi connectivity index (χ0n) is 6.77. The maximum atomic E-state index is 3.46. The SMILES string of the molecule is CCCCCc1ccc(Br)s1. The van der Waals surface area contributed by atoms with Gasteiger partial charge in [0.15, 0.2) is 0 Å². The third-order valence-corrected chi connectivity index (χ3v) is 3.34. The quantitative estimate of drug-likeness (QED) is 0.682. The van der Waals surface area contributed by atoms with Crippen LogP contribution in [0.3, 0.4) is 0 Å². The molecule has 1 heterocycles. The van der Waals surface area contributed by atoms with Crippen LogP contribution in [0.1, 0.15) is 31.1 Å². The van der Waals surface area contributed by atoms with E-state index in [0.717, 1.165) is 0 Å². The van der Waals surface area contributed by atoms with E-state index < -0.39 is 0 Å². The van der Waals surface area contributed by atoms with Crippen molar-refractivity contribution in [2.45, 2.75) is 32.6 Å². The van der Waals surface area contributed by atoms with Gasteiger partial charge in [-0.2, -0.15) is 0 Å². The van der Waals surface area contributed by atoms with Crippen molar-refractivity contribution in [1.82, 2.24) is 0 Å². The van der Waals surface area contributed by atoms with E-state index in [1.807, 2.05) is 11.3 Å². The predicted molar refractivity (Wildman–Crippen MR) is 55.2 cm³/mol. The molecule has 0 N–H and O–H groups in total. The Balaban J connectivity index is 2.27. The molecule has 0 aromatic carbocycles. The second-order valence-electron chi connectivity index (χ2n) is 2.66. The summed E-state index contributed by atoms with van der Waals surface area (Å²) in [5.74, 6) is 0. The van der Waals surface area contributed by atoms with Crippen molar-refractivity contribution in [3.8, 4) is 0 Å². The molecule has 1 aromatic rings. The molecule has 0 aliphatic heterocycles. The summed E-state index contributed by atoms with van der Waals surface area (Å²) in [7, 11) is 0. The van der Waals surface area contributed by atoms with Crippen LogP contribution in [0, 0.1) is 0 Å². The molecule has 1 aromatic heterocycles. The summed E-state index contributed by atoms with van der Waals surface area (Å²) in [5.41, 5.74) is 0. The standard InChI is InChI=1S/C9H13BrS/c1-2-3-4-5-8-6-7-9(10)11-8/h6-7H,2-5H2,1H3.